The minimum absolute atomic E-state index is 0.174. The molecule has 1 aromatic heterocycles. The number of halogens is 1. The predicted octanol–water partition coefficient (Wildman–Crippen LogP) is 1.78. The number of aryl methyl sites for hydroxylation is 1. The lowest BCUT2D eigenvalue weighted by atomic mass is 10.2. The smallest absolute Gasteiger partial charge is 0.184 e. The lowest BCUT2D eigenvalue weighted by Gasteiger charge is -2.03. The number of benzene rings is 1. The lowest BCUT2D eigenvalue weighted by molar-refractivity contribution is 0.174. The molecule has 18 heavy (non-hydrogen) atoms. The Balaban J connectivity index is 2.45. The fourth-order valence-electron chi connectivity index (χ4n) is 1.63. The van der Waals surface area contributed by atoms with E-state index in [1.165, 1.54) is 7.11 Å². The first-order valence-electron chi connectivity index (χ1n) is 5.39. The molecule has 0 aliphatic carbocycles. The first-order valence-corrected chi connectivity index (χ1v) is 5.39. The number of hydrogen-bond acceptors (Lipinski definition) is 4. The van der Waals surface area contributed by atoms with Gasteiger partial charge in [-0.2, -0.15) is 5.10 Å². The highest BCUT2D eigenvalue weighted by molar-refractivity contribution is 5.58. The SMILES string of the molecule is COCc1nc(-c2cccc(OC)c2F)nn1C. The van der Waals surface area contributed by atoms with Crippen molar-refractivity contribution in [2.75, 3.05) is 14.2 Å². The highest BCUT2D eigenvalue weighted by Gasteiger charge is 2.15. The van der Waals surface area contributed by atoms with E-state index in [2.05, 4.69) is 10.1 Å². The van der Waals surface area contributed by atoms with Gasteiger partial charge in [0.05, 0.1) is 12.7 Å². The van der Waals surface area contributed by atoms with Crippen molar-refractivity contribution in [1.82, 2.24) is 14.8 Å². The summed E-state index contributed by atoms with van der Waals surface area (Å²) in [5, 5.41) is 4.17. The Morgan fingerprint density at radius 2 is 2.11 bits per heavy atom. The van der Waals surface area contributed by atoms with Gasteiger partial charge >= 0.3 is 0 Å². The van der Waals surface area contributed by atoms with Crippen LogP contribution in [0.1, 0.15) is 5.82 Å². The van der Waals surface area contributed by atoms with E-state index in [0.717, 1.165) is 0 Å². The quantitative estimate of drug-likeness (QED) is 0.831. The molecule has 0 fully saturated rings. The second-order valence-corrected chi connectivity index (χ2v) is 3.73. The molecular weight excluding hydrogens is 237 g/mol. The second-order valence-electron chi connectivity index (χ2n) is 3.73. The Bertz CT molecular complexity index is 554. The van der Waals surface area contributed by atoms with Gasteiger partial charge in [0.15, 0.2) is 23.2 Å². The van der Waals surface area contributed by atoms with Crippen LogP contribution in [0, 0.1) is 5.82 Å². The Hall–Kier alpha value is -1.95. The Labute approximate surface area is 104 Å². The number of nitrogens with zero attached hydrogens (tertiary/aromatic N) is 3. The maximum atomic E-state index is 14.0. The van der Waals surface area contributed by atoms with E-state index in [1.54, 1.807) is 37.0 Å². The van der Waals surface area contributed by atoms with Crippen LogP contribution < -0.4 is 4.74 Å². The van der Waals surface area contributed by atoms with Gasteiger partial charge in [-0.05, 0) is 12.1 Å². The minimum Gasteiger partial charge on any atom is -0.494 e. The van der Waals surface area contributed by atoms with Crippen molar-refractivity contribution < 1.29 is 13.9 Å². The number of rotatable bonds is 4. The van der Waals surface area contributed by atoms with Gasteiger partial charge in [0.25, 0.3) is 0 Å². The molecule has 0 spiro atoms. The van der Waals surface area contributed by atoms with Crippen LogP contribution >= 0.6 is 0 Å². The van der Waals surface area contributed by atoms with Crippen LogP contribution in [0.4, 0.5) is 4.39 Å². The molecule has 2 rings (SSSR count). The molecule has 0 bridgehead atoms. The molecule has 0 saturated carbocycles. The molecule has 1 heterocycles. The summed E-state index contributed by atoms with van der Waals surface area (Å²) in [6, 6.07) is 4.87. The number of methoxy groups -OCH3 is 2. The minimum atomic E-state index is -0.463. The molecule has 5 nitrogen and oxygen atoms in total. The summed E-state index contributed by atoms with van der Waals surface area (Å²) < 4.78 is 25.5. The molecule has 0 saturated heterocycles. The molecule has 1 aromatic carbocycles. The van der Waals surface area contributed by atoms with Crippen molar-refractivity contribution in [1.29, 1.82) is 0 Å². The van der Waals surface area contributed by atoms with Gasteiger partial charge in [-0.1, -0.05) is 6.07 Å². The largest absolute Gasteiger partial charge is 0.494 e. The summed E-state index contributed by atoms with van der Waals surface area (Å²) in [4.78, 5) is 4.24. The molecule has 0 aliphatic rings. The molecule has 2 aromatic rings. The molecule has 96 valence electrons. The highest BCUT2D eigenvalue weighted by Crippen LogP contribution is 2.26. The summed E-state index contributed by atoms with van der Waals surface area (Å²) in [6.07, 6.45) is 0. The van der Waals surface area contributed by atoms with E-state index in [9.17, 15) is 4.39 Å². The number of aromatic nitrogens is 3. The van der Waals surface area contributed by atoms with E-state index in [1.807, 2.05) is 0 Å². The van der Waals surface area contributed by atoms with E-state index < -0.39 is 5.82 Å². The summed E-state index contributed by atoms with van der Waals surface area (Å²) in [7, 11) is 4.73. The maximum absolute atomic E-state index is 14.0. The van der Waals surface area contributed by atoms with Crippen LogP contribution in [0.3, 0.4) is 0 Å². The van der Waals surface area contributed by atoms with Crippen LogP contribution in [0.5, 0.6) is 5.75 Å². The predicted molar refractivity (Wildman–Crippen MR) is 63.7 cm³/mol. The van der Waals surface area contributed by atoms with Gasteiger partial charge in [-0.15, -0.1) is 0 Å². The fourth-order valence-corrected chi connectivity index (χ4v) is 1.63. The zero-order valence-electron chi connectivity index (χ0n) is 10.5. The van der Waals surface area contributed by atoms with Gasteiger partial charge in [-0.25, -0.2) is 9.37 Å². The van der Waals surface area contributed by atoms with Gasteiger partial charge < -0.3 is 9.47 Å². The number of ether oxygens (including phenoxy) is 2. The molecule has 0 atom stereocenters. The maximum Gasteiger partial charge on any atom is 0.184 e. The van der Waals surface area contributed by atoms with Crippen LogP contribution in [0.15, 0.2) is 18.2 Å². The van der Waals surface area contributed by atoms with E-state index in [0.29, 0.717) is 23.8 Å². The van der Waals surface area contributed by atoms with Gasteiger partial charge in [0.1, 0.15) is 6.61 Å². The van der Waals surface area contributed by atoms with Crippen LogP contribution in [-0.2, 0) is 18.4 Å². The average Bonchev–Trinajstić information content (AvgIpc) is 2.72. The van der Waals surface area contributed by atoms with Gasteiger partial charge in [-0.3, -0.25) is 4.68 Å². The third kappa shape index (κ3) is 2.19. The Morgan fingerprint density at radius 1 is 1.33 bits per heavy atom. The van der Waals surface area contributed by atoms with Crippen LogP contribution in [0.2, 0.25) is 0 Å². The third-order valence-electron chi connectivity index (χ3n) is 2.55. The van der Waals surface area contributed by atoms with E-state index in [4.69, 9.17) is 9.47 Å². The van der Waals surface area contributed by atoms with E-state index in [-0.39, 0.29) is 5.75 Å². The fraction of sp³-hybridized carbons (Fsp3) is 0.333. The zero-order chi connectivity index (χ0) is 13.1. The molecule has 6 heteroatoms. The average molecular weight is 251 g/mol. The molecule has 0 N–H and O–H groups in total. The number of hydrogen-bond donors (Lipinski definition) is 0. The molecular formula is C12H14FN3O2. The van der Waals surface area contributed by atoms with Crippen LogP contribution in [-0.4, -0.2) is 29.0 Å². The first kappa shape index (κ1) is 12.5. The van der Waals surface area contributed by atoms with Crippen molar-refractivity contribution in [2.45, 2.75) is 6.61 Å². The van der Waals surface area contributed by atoms with Crippen molar-refractivity contribution >= 4 is 0 Å². The molecule has 0 aliphatic heterocycles. The standard InChI is InChI=1S/C12H14FN3O2/c1-16-10(7-17-2)14-12(15-16)8-5-4-6-9(18-3)11(8)13/h4-6H,7H2,1-3H3. The van der Waals surface area contributed by atoms with Crippen molar-refractivity contribution in [3.8, 4) is 17.1 Å². The third-order valence-corrected chi connectivity index (χ3v) is 2.55. The first-order chi connectivity index (χ1) is 8.67. The summed E-state index contributed by atoms with van der Waals surface area (Å²) in [5.41, 5.74) is 0.312. The normalized spacial score (nSPS) is 10.7. The van der Waals surface area contributed by atoms with Crippen LogP contribution in [0.25, 0.3) is 11.4 Å². The molecule has 0 radical (unpaired) electrons. The lowest BCUT2D eigenvalue weighted by Crippen LogP contribution is -2.00. The van der Waals surface area contributed by atoms with Crippen molar-refractivity contribution in [2.24, 2.45) is 7.05 Å². The topological polar surface area (TPSA) is 49.2 Å². The van der Waals surface area contributed by atoms with Crippen molar-refractivity contribution in [3.63, 3.8) is 0 Å². The molecule has 0 unspecified atom stereocenters. The zero-order valence-corrected chi connectivity index (χ0v) is 10.5. The van der Waals surface area contributed by atoms with Crippen molar-refractivity contribution in [3.05, 3.63) is 29.8 Å². The summed E-state index contributed by atoms with van der Waals surface area (Å²) >= 11 is 0. The van der Waals surface area contributed by atoms with Gasteiger partial charge in [0, 0.05) is 14.2 Å². The highest BCUT2D eigenvalue weighted by atomic mass is 19.1. The van der Waals surface area contributed by atoms with Gasteiger partial charge in [0.2, 0.25) is 0 Å². The molecule has 0 amide bonds. The summed E-state index contributed by atoms with van der Waals surface area (Å²) in [6.45, 7) is 0.328. The summed E-state index contributed by atoms with van der Waals surface area (Å²) in [5.74, 6) is 0.665. The second kappa shape index (κ2) is 5.14. The van der Waals surface area contributed by atoms with E-state index >= 15 is 0 Å². The Kier molecular flexibility index (Phi) is 3.57. The monoisotopic (exact) mass is 251 g/mol. The Morgan fingerprint density at radius 3 is 2.78 bits per heavy atom.